The number of rotatable bonds is 4. The highest BCUT2D eigenvalue weighted by Crippen LogP contribution is 2.11. The molecule has 0 N–H and O–H groups in total. The topological polar surface area (TPSA) is 29.5 Å². The number of hydrogen-bond acceptors (Lipinski definition) is 3. The van der Waals surface area contributed by atoms with E-state index in [4.69, 9.17) is 4.74 Å². The van der Waals surface area contributed by atoms with E-state index in [9.17, 15) is 4.79 Å². The number of nitrogens with zero attached hydrogens (tertiary/aromatic N) is 1. The lowest BCUT2D eigenvalue weighted by molar-refractivity contribution is -0.160. The highest BCUT2D eigenvalue weighted by Gasteiger charge is 2.24. The number of carbonyl (C=O) groups excluding carboxylic acids is 1. The molecule has 0 rings (SSSR count). The standard InChI is InChI=1S/C12H25NO2/c1-9(2)8-13(7)10(3)11(14)15-12(4,5)6/h9-10H,8H2,1-7H3. The van der Waals surface area contributed by atoms with Crippen LogP contribution in [0.1, 0.15) is 41.5 Å². The summed E-state index contributed by atoms with van der Waals surface area (Å²) in [6, 6.07) is -0.174. The van der Waals surface area contributed by atoms with Gasteiger partial charge in [0.15, 0.2) is 0 Å². The van der Waals surface area contributed by atoms with Gasteiger partial charge < -0.3 is 4.74 Å². The van der Waals surface area contributed by atoms with E-state index in [1.54, 1.807) is 0 Å². The van der Waals surface area contributed by atoms with Crippen molar-refractivity contribution in [2.45, 2.75) is 53.2 Å². The van der Waals surface area contributed by atoms with Crippen molar-refractivity contribution < 1.29 is 9.53 Å². The van der Waals surface area contributed by atoms with E-state index >= 15 is 0 Å². The Labute approximate surface area is 93.8 Å². The van der Waals surface area contributed by atoms with Crippen LogP contribution >= 0.6 is 0 Å². The van der Waals surface area contributed by atoms with Crippen molar-refractivity contribution in [3.63, 3.8) is 0 Å². The van der Waals surface area contributed by atoms with E-state index in [0.717, 1.165) is 6.54 Å². The Bertz CT molecular complexity index is 206. The molecule has 0 radical (unpaired) electrons. The number of carbonyl (C=O) groups is 1. The van der Waals surface area contributed by atoms with Gasteiger partial charge >= 0.3 is 5.97 Å². The average molecular weight is 215 g/mol. The molecule has 0 fully saturated rings. The molecule has 1 unspecified atom stereocenters. The summed E-state index contributed by atoms with van der Waals surface area (Å²) >= 11 is 0. The Morgan fingerprint density at radius 3 is 2.07 bits per heavy atom. The van der Waals surface area contributed by atoms with Gasteiger partial charge in [0.2, 0.25) is 0 Å². The lowest BCUT2D eigenvalue weighted by Crippen LogP contribution is -2.41. The lowest BCUT2D eigenvalue weighted by Gasteiger charge is -2.28. The first-order chi connectivity index (χ1) is 6.63. The van der Waals surface area contributed by atoms with E-state index in [2.05, 4.69) is 13.8 Å². The van der Waals surface area contributed by atoms with Crippen LogP contribution < -0.4 is 0 Å². The first-order valence-corrected chi connectivity index (χ1v) is 5.56. The predicted octanol–water partition coefficient (Wildman–Crippen LogP) is 2.30. The van der Waals surface area contributed by atoms with E-state index in [1.165, 1.54) is 0 Å². The summed E-state index contributed by atoms with van der Waals surface area (Å²) in [5.74, 6) is 0.408. The van der Waals surface area contributed by atoms with Crippen molar-refractivity contribution >= 4 is 5.97 Å². The predicted molar refractivity (Wildman–Crippen MR) is 62.8 cm³/mol. The minimum absolute atomic E-state index is 0.148. The molecule has 1 atom stereocenters. The smallest absolute Gasteiger partial charge is 0.323 e. The Hall–Kier alpha value is -0.570. The highest BCUT2D eigenvalue weighted by atomic mass is 16.6. The fraction of sp³-hybridized carbons (Fsp3) is 0.917. The maximum absolute atomic E-state index is 11.7. The highest BCUT2D eigenvalue weighted by molar-refractivity contribution is 5.75. The third-order valence-electron chi connectivity index (χ3n) is 2.06. The van der Waals surface area contributed by atoms with Gasteiger partial charge in [0.05, 0.1) is 0 Å². The summed E-state index contributed by atoms with van der Waals surface area (Å²) in [6.45, 7) is 12.7. The molecule has 0 bridgehead atoms. The maximum atomic E-state index is 11.7. The van der Waals surface area contributed by atoms with Gasteiger partial charge in [0, 0.05) is 6.54 Å². The van der Waals surface area contributed by atoms with Crippen molar-refractivity contribution in [3.8, 4) is 0 Å². The molecule has 0 aliphatic carbocycles. The molecule has 0 saturated heterocycles. The zero-order valence-corrected chi connectivity index (χ0v) is 11.1. The maximum Gasteiger partial charge on any atom is 0.323 e. The van der Waals surface area contributed by atoms with Gasteiger partial charge in [0.25, 0.3) is 0 Å². The largest absolute Gasteiger partial charge is 0.459 e. The number of likely N-dealkylation sites (N-methyl/N-ethyl adjacent to an activating group) is 1. The molecule has 0 aliphatic rings. The quantitative estimate of drug-likeness (QED) is 0.674. The minimum Gasteiger partial charge on any atom is -0.459 e. The van der Waals surface area contributed by atoms with Crippen molar-refractivity contribution in [1.82, 2.24) is 4.90 Å². The van der Waals surface area contributed by atoms with E-state index < -0.39 is 5.60 Å². The molecular weight excluding hydrogens is 190 g/mol. The number of ether oxygens (including phenoxy) is 1. The van der Waals surface area contributed by atoms with Crippen LogP contribution in [-0.4, -0.2) is 36.1 Å². The summed E-state index contributed by atoms with van der Waals surface area (Å²) in [5.41, 5.74) is -0.399. The first kappa shape index (κ1) is 14.4. The van der Waals surface area contributed by atoms with Gasteiger partial charge in [-0.2, -0.15) is 0 Å². The van der Waals surface area contributed by atoms with Crippen molar-refractivity contribution in [2.24, 2.45) is 5.92 Å². The summed E-state index contributed by atoms with van der Waals surface area (Å²) < 4.78 is 5.32. The first-order valence-electron chi connectivity index (χ1n) is 5.56. The Kier molecular flexibility index (Phi) is 5.29. The second-order valence-corrected chi connectivity index (χ2v) is 5.54. The minimum atomic E-state index is -0.399. The fourth-order valence-electron chi connectivity index (χ4n) is 1.30. The number of hydrogen-bond donors (Lipinski definition) is 0. The fourth-order valence-corrected chi connectivity index (χ4v) is 1.30. The molecule has 0 aromatic heterocycles. The van der Waals surface area contributed by atoms with Gasteiger partial charge in [-0.1, -0.05) is 13.8 Å². The van der Waals surface area contributed by atoms with Crippen LogP contribution in [0.5, 0.6) is 0 Å². The zero-order chi connectivity index (χ0) is 12.2. The van der Waals surface area contributed by atoms with Gasteiger partial charge in [-0.3, -0.25) is 9.69 Å². The Morgan fingerprint density at radius 2 is 1.73 bits per heavy atom. The van der Waals surface area contributed by atoms with Crippen LogP contribution in [0.4, 0.5) is 0 Å². The van der Waals surface area contributed by atoms with Gasteiger partial charge in [-0.05, 0) is 40.7 Å². The molecule has 3 nitrogen and oxygen atoms in total. The molecule has 0 heterocycles. The van der Waals surface area contributed by atoms with Crippen LogP contribution in [-0.2, 0) is 9.53 Å². The van der Waals surface area contributed by atoms with Crippen molar-refractivity contribution in [2.75, 3.05) is 13.6 Å². The molecule has 0 aromatic rings. The normalized spacial score (nSPS) is 14.5. The van der Waals surface area contributed by atoms with Gasteiger partial charge in [0.1, 0.15) is 11.6 Å². The zero-order valence-electron chi connectivity index (χ0n) is 11.1. The summed E-state index contributed by atoms with van der Waals surface area (Å²) in [4.78, 5) is 13.7. The molecule has 90 valence electrons. The van der Waals surface area contributed by atoms with Gasteiger partial charge in [-0.15, -0.1) is 0 Å². The molecule has 0 spiro atoms. The second kappa shape index (κ2) is 5.50. The molecular formula is C12H25NO2. The lowest BCUT2D eigenvalue weighted by atomic mass is 10.1. The van der Waals surface area contributed by atoms with Crippen molar-refractivity contribution in [1.29, 1.82) is 0 Å². The average Bonchev–Trinajstić information content (AvgIpc) is 1.98. The Balaban J connectivity index is 4.20. The summed E-state index contributed by atoms with van der Waals surface area (Å²) in [6.07, 6.45) is 0. The van der Waals surface area contributed by atoms with Crippen molar-refractivity contribution in [3.05, 3.63) is 0 Å². The molecule has 0 aliphatic heterocycles. The van der Waals surface area contributed by atoms with Crippen LogP contribution in [0.25, 0.3) is 0 Å². The van der Waals surface area contributed by atoms with Crippen LogP contribution in [0.3, 0.4) is 0 Å². The SMILES string of the molecule is CC(C)CN(C)C(C)C(=O)OC(C)(C)C. The summed E-state index contributed by atoms with van der Waals surface area (Å²) in [7, 11) is 1.95. The second-order valence-electron chi connectivity index (χ2n) is 5.54. The number of esters is 1. The molecule has 0 saturated carbocycles. The van der Waals surface area contributed by atoms with Crippen LogP contribution in [0, 0.1) is 5.92 Å². The van der Waals surface area contributed by atoms with Crippen LogP contribution in [0.2, 0.25) is 0 Å². The molecule has 15 heavy (non-hydrogen) atoms. The third-order valence-corrected chi connectivity index (χ3v) is 2.06. The van der Waals surface area contributed by atoms with E-state index in [1.807, 2.05) is 39.6 Å². The molecule has 0 amide bonds. The van der Waals surface area contributed by atoms with Crippen LogP contribution in [0.15, 0.2) is 0 Å². The van der Waals surface area contributed by atoms with E-state index in [0.29, 0.717) is 5.92 Å². The molecule has 0 aromatic carbocycles. The third kappa shape index (κ3) is 6.50. The molecule has 3 heteroatoms. The van der Waals surface area contributed by atoms with Gasteiger partial charge in [-0.25, -0.2) is 0 Å². The summed E-state index contributed by atoms with van der Waals surface area (Å²) in [5, 5.41) is 0. The Morgan fingerprint density at radius 1 is 1.27 bits per heavy atom. The van der Waals surface area contributed by atoms with E-state index in [-0.39, 0.29) is 12.0 Å². The monoisotopic (exact) mass is 215 g/mol.